The molecule has 27 heavy (non-hydrogen) atoms. The lowest BCUT2D eigenvalue weighted by Crippen LogP contribution is -2.41. The third kappa shape index (κ3) is 5.61. The number of carbonyl (C=O) groups is 2. The summed E-state index contributed by atoms with van der Waals surface area (Å²) in [7, 11) is 0. The molecule has 0 radical (unpaired) electrons. The molecule has 2 aromatic rings. The van der Waals surface area contributed by atoms with E-state index in [1.165, 1.54) is 24.3 Å². The topological polar surface area (TPSA) is 62.3 Å². The molecule has 1 saturated heterocycles. The quantitative estimate of drug-likeness (QED) is 0.761. The lowest BCUT2D eigenvalue weighted by molar-refractivity contribution is -0.121. The summed E-state index contributed by atoms with van der Waals surface area (Å²) in [5.74, 6) is 0.692. The fraction of sp³-hybridized carbons (Fsp3) is 0.381. The van der Waals surface area contributed by atoms with E-state index >= 15 is 0 Å². The molecule has 0 bridgehead atoms. The van der Waals surface area contributed by atoms with Gasteiger partial charge in [-0.25, -0.2) is 9.37 Å². The molecule has 142 valence electrons. The SMILES string of the molecule is O=C(CCC(=O)c1ccc(F)cc1)NC[C@@H]1CCCN(c2ccccn2)C1. The number of Topliss-reactive ketones (excluding diaryl/α,β-unsaturated/α-hetero) is 1. The normalized spacial score (nSPS) is 16.8. The average Bonchev–Trinajstić information content (AvgIpc) is 2.72. The van der Waals surface area contributed by atoms with Crippen molar-refractivity contribution in [3.63, 3.8) is 0 Å². The first kappa shape index (κ1) is 19.0. The predicted octanol–water partition coefficient (Wildman–Crippen LogP) is 3.22. The van der Waals surface area contributed by atoms with Crippen LogP contribution in [0.2, 0.25) is 0 Å². The molecule has 1 atom stereocenters. The molecule has 3 rings (SSSR count). The number of pyridine rings is 1. The highest BCUT2D eigenvalue weighted by molar-refractivity contribution is 5.97. The molecule has 1 N–H and O–H groups in total. The number of aromatic nitrogens is 1. The lowest BCUT2D eigenvalue weighted by atomic mass is 9.98. The third-order valence-electron chi connectivity index (χ3n) is 4.83. The Kier molecular flexibility index (Phi) is 6.52. The summed E-state index contributed by atoms with van der Waals surface area (Å²) < 4.78 is 12.9. The van der Waals surface area contributed by atoms with Crippen LogP contribution in [0.1, 0.15) is 36.0 Å². The van der Waals surface area contributed by atoms with E-state index in [2.05, 4.69) is 15.2 Å². The van der Waals surface area contributed by atoms with Gasteiger partial charge in [0.2, 0.25) is 5.91 Å². The van der Waals surface area contributed by atoms with Crippen molar-refractivity contribution in [2.75, 3.05) is 24.5 Å². The Balaban J connectivity index is 1.41. The van der Waals surface area contributed by atoms with Crippen LogP contribution in [0.25, 0.3) is 0 Å². The van der Waals surface area contributed by atoms with Crippen molar-refractivity contribution >= 4 is 17.5 Å². The maximum absolute atomic E-state index is 12.9. The van der Waals surface area contributed by atoms with Gasteiger partial charge in [0.1, 0.15) is 11.6 Å². The Labute approximate surface area is 158 Å². The molecule has 1 aliphatic heterocycles. The van der Waals surface area contributed by atoms with Crippen molar-refractivity contribution in [1.82, 2.24) is 10.3 Å². The number of piperidine rings is 1. The van der Waals surface area contributed by atoms with E-state index in [0.29, 0.717) is 18.0 Å². The number of carbonyl (C=O) groups excluding carboxylic acids is 2. The number of nitrogens with zero attached hydrogens (tertiary/aromatic N) is 2. The Morgan fingerprint density at radius 2 is 1.96 bits per heavy atom. The van der Waals surface area contributed by atoms with Crippen LogP contribution in [0, 0.1) is 11.7 Å². The maximum atomic E-state index is 12.9. The molecule has 1 fully saturated rings. The summed E-state index contributed by atoms with van der Waals surface area (Å²) in [6.45, 7) is 2.45. The van der Waals surface area contributed by atoms with Gasteiger partial charge in [0.05, 0.1) is 0 Å². The molecule has 0 unspecified atom stereocenters. The van der Waals surface area contributed by atoms with Gasteiger partial charge >= 0.3 is 0 Å². The number of halogens is 1. The Hall–Kier alpha value is -2.76. The van der Waals surface area contributed by atoms with Crippen molar-refractivity contribution in [2.45, 2.75) is 25.7 Å². The number of anilines is 1. The molecule has 1 aliphatic rings. The van der Waals surface area contributed by atoms with Crippen LogP contribution < -0.4 is 10.2 Å². The van der Waals surface area contributed by atoms with Crippen LogP contribution >= 0.6 is 0 Å². The van der Waals surface area contributed by atoms with Gasteiger partial charge in [-0.2, -0.15) is 0 Å². The van der Waals surface area contributed by atoms with Crippen molar-refractivity contribution in [3.8, 4) is 0 Å². The molecular weight excluding hydrogens is 345 g/mol. The van der Waals surface area contributed by atoms with Gasteiger partial charge in [0.15, 0.2) is 5.78 Å². The summed E-state index contributed by atoms with van der Waals surface area (Å²) in [6.07, 6.45) is 4.20. The van der Waals surface area contributed by atoms with Crippen LogP contribution in [-0.4, -0.2) is 36.3 Å². The Bertz CT molecular complexity index is 765. The smallest absolute Gasteiger partial charge is 0.220 e. The molecule has 1 aromatic carbocycles. The van der Waals surface area contributed by atoms with Crippen molar-refractivity contribution < 1.29 is 14.0 Å². The highest BCUT2D eigenvalue weighted by atomic mass is 19.1. The van der Waals surface area contributed by atoms with E-state index in [1.807, 2.05) is 18.2 Å². The minimum Gasteiger partial charge on any atom is -0.356 e. The van der Waals surface area contributed by atoms with Gasteiger partial charge in [0, 0.05) is 44.2 Å². The summed E-state index contributed by atoms with van der Waals surface area (Å²) in [4.78, 5) is 30.8. The number of nitrogens with one attached hydrogen (secondary N) is 1. The molecule has 6 heteroatoms. The summed E-state index contributed by atoms with van der Waals surface area (Å²) >= 11 is 0. The predicted molar refractivity (Wildman–Crippen MR) is 102 cm³/mol. The first-order valence-electron chi connectivity index (χ1n) is 9.33. The monoisotopic (exact) mass is 369 g/mol. The zero-order chi connectivity index (χ0) is 19.1. The summed E-state index contributed by atoms with van der Waals surface area (Å²) in [6, 6.07) is 11.3. The highest BCUT2D eigenvalue weighted by Crippen LogP contribution is 2.20. The second kappa shape index (κ2) is 9.26. The second-order valence-electron chi connectivity index (χ2n) is 6.88. The van der Waals surface area contributed by atoms with E-state index in [4.69, 9.17) is 0 Å². The van der Waals surface area contributed by atoms with E-state index in [0.717, 1.165) is 31.7 Å². The molecule has 5 nitrogen and oxygen atoms in total. The molecule has 1 amide bonds. The fourth-order valence-electron chi connectivity index (χ4n) is 3.33. The summed E-state index contributed by atoms with van der Waals surface area (Å²) in [5.41, 5.74) is 0.433. The highest BCUT2D eigenvalue weighted by Gasteiger charge is 2.21. The van der Waals surface area contributed by atoms with Crippen molar-refractivity contribution in [3.05, 3.63) is 60.0 Å². The number of benzene rings is 1. The van der Waals surface area contributed by atoms with Crippen LogP contribution in [0.3, 0.4) is 0 Å². The number of hydrogen-bond donors (Lipinski definition) is 1. The minimum absolute atomic E-state index is 0.125. The third-order valence-corrected chi connectivity index (χ3v) is 4.83. The number of amides is 1. The van der Waals surface area contributed by atoms with Gasteiger partial charge in [-0.15, -0.1) is 0 Å². The van der Waals surface area contributed by atoms with E-state index in [-0.39, 0.29) is 30.3 Å². The number of ketones is 1. The molecule has 2 heterocycles. The molecule has 0 aliphatic carbocycles. The van der Waals surface area contributed by atoms with E-state index in [1.54, 1.807) is 6.20 Å². The zero-order valence-corrected chi connectivity index (χ0v) is 15.2. The van der Waals surface area contributed by atoms with Gasteiger partial charge in [0.25, 0.3) is 0 Å². The van der Waals surface area contributed by atoms with E-state index < -0.39 is 0 Å². The van der Waals surface area contributed by atoms with Crippen molar-refractivity contribution in [1.29, 1.82) is 0 Å². The lowest BCUT2D eigenvalue weighted by Gasteiger charge is -2.33. The number of hydrogen-bond acceptors (Lipinski definition) is 4. The minimum atomic E-state index is -0.378. The number of rotatable bonds is 7. The van der Waals surface area contributed by atoms with Crippen LogP contribution in [0.5, 0.6) is 0 Å². The van der Waals surface area contributed by atoms with Gasteiger partial charge < -0.3 is 10.2 Å². The maximum Gasteiger partial charge on any atom is 0.220 e. The average molecular weight is 369 g/mol. The Morgan fingerprint density at radius 3 is 2.70 bits per heavy atom. The first-order valence-corrected chi connectivity index (χ1v) is 9.33. The van der Waals surface area contributed by atoms with Gasteiger partial charge in [-0.1, -0.05) is 6.07 Å². The molecule has 0 saturated carbocycles. The molecule has 0 spiro atoms. The summed E-state index contributed by atoms with van der Waals surface area (Å²) in [5, 5.41) is 2.94. The standard InChI is InChI=1S/C21H24FN3O2/c22-18-8-6-17(7-9-18)19(26)10-11-21(27)24-14-16-4-3-13-25(15-16)20-5-1-2-12-23-20/h1-2,5-9,12,16H,3-4,10-11,13-15H2,(H,24,27)/t16-/m0/s1. The fourth-order valence-corrected chi connectivity index (χ4v) is 3.33. The van der Waals surface area contributed by atoms with Crippen LogP contribution in [0.15, 0.2) is 48.7 Å². The molecular formula is C21H24FN3O2. The molecule has 1 aromatic heterocycles. The van der Waals surface area contributed by atoms with Gasteiger partial charge in [-0.3, -0.25) is 9.59 Å². The van der Waals surface area contributed by atoms with Gasteiger partial charge in [-0.05, 0) is 55.2 Å². The largest absolute Gasteiger partial charge is 0.356 e. The van der Waals surface area contributed by atoms with Crippen LogP contribution in [0.4, 0.5) is 10.2 Å². The second-order valence-corrected chi connectivity index (χ2v) is 6.88. The van der Waals surface area contributed by atoms with Crippen molar-refractivity contribution in [2.24, 2.45) is 5.92 Å². The zero-order valence-electron chi connectivity index (χ0n) is 15.2. The Morgan fingerprint density at radius 1 is 1.15 bits per heavy atom. The first-order chi connectivity index (χ1) is 13.1. The van der Waals surface area contributed by atoms with E-state index in [9.17, 15) is 14.0 Å². The van der Waals surface area contributed by atoms with Crippen LogP contribution in [-0.2, 0) is 4.79 Å².